The third-order valence-corrected chi connectivity index (χ3v) is 5.87. The van der Waals surface area contributed by atoms with Crippen molar-refractivity contribution in [2.45, 2.75) is 19.9 Å². The fraction of sp³-hybridized carbons (Fsp3) is 0.231. The van der Waals surface area contributed by atoms with Crippen molar-refractivity contribution in [1.82, 2.24) is 0 Å². The Balaban J connectivity index is 1.96. The Hall–Kier alpha value is -4.20. The number of hydrogen-bond donors (Lipinski definition) is 1. The van der Waals surface area contributed by atoms with E-state index in [1.807, 2.05) is 6.92 Å². The molecule has 4 rings (SSSR count). The Morgan fingerprint density at radius 2 is 1.62 bits per heavy atom. The molecule has 0 aliphatic carbocycles. The van der Waals surface area contributed by atoms with E-state index in [1.165, 1.54) is 25.4 Å². The van der Waals surface area contributed by atoms with Crippen molar-refractivity contribution >= 4 is 23.1 Å². The number of aliphatic hydroxyl groups is 1. The number of anilines is 1. The van der Waals surface area contributed by atoms with Crippen LogP contribution in [0.15, 0.2) is 58.7 Å². The molecule has 0 bridgehead atoms. The number of ether oxygens (including phenoxy) is 3. The maximum Gasteiger partial charge on any atom is 0.300 e. The Morgan fingerprint density at radius 3 is 2.18 bits per heavy atom. The predicted molar refractivity (Wildman–Crippen MR) is 126 cm³/mol. The molecule has 3 aromatic rings. The van der Waals surface area contributed by atoms with Crippen molar-refractivity contribution in [2.24, 2.45) is 0 Å². The van der Waals surface area contributed by atoms with E-state index in [9.17, 15) is 14.7 Å². The van der Waals surface area contributed by atoms with E-state index in [1.54, 1.807) is 56.5 Å². The van der Waals surface area contributed by atoms with Gasteiger partial charge in [0.25, 0.3) is 11.7 Å². The summed E-state index contributed by atoms with van der Waals surface area (Å²) in [6.45, 7) is 3.63. The highest BCUT2D eigenvalue weighted by Crippen LogP contribution is 2.44. The molecule has 0 saturated carbocycles. The number of ketones is 1. The minimum atomic E-state index is -0.992. The lowest BCUT2D eigenvalue weighted by Crippen LogP contribution is -2.29. The van der Waals surface area contributed by atoms with Gasteiger partial charge in [0.2, 0.25) is 0 Å². The number of hydrogen-bond acceptors (Lipinski definition) is 7. The number of carbonyl (C=O) groups excluding carboxylic acids is 2. The monoisotopic (exact) mass is 463 g/mol. The van der Waals surface area contributed by atoms with Crippen molar-refractivity contribution < 1.29 is 33.3 Å². The van der Waals surface area contributed by atoms with Gasteiger partial charge in [-0.05, 0) is 49.2 Å². The molecule has 2 heterocycles. The second kappa shape index (κ2) is 8.97. The lowest BCUT2D eigenvalue weighted by molar-refractivity contribution is -0.132. The first kappa shape index (κ1) is 23.0. The molecule has 2 aromatic carbocycles. The molecular formula is C26H25NO7. The minimum Gasteiger partial charge on any atom is -0.507 e. The topological polar surface area (TPSA) is 98.4 Å². The first-order valence-electron chi connectivity index (χ1n) is 10.5. The fourth-order valence-electron chi connectivity index (χ4n) is 4.16. The molecule has 0 radical (unpaired) electrons. The number of methoxy groups -OCH3 is 3. The zero-order valence-corrected chi connectivity index (χ0v) is 19.5. The molecule has 1 aromatic heterocycles. The quantitative estimate of drug-likeness (QED) is 0.325. The summed E-state index contributed by atoms with van der Waals surface area (Å²) in [5.74, 6) is -0.0619. The normalized spacial score (nSPS) is 17.2. The molecule has 1 unspecified atom stereocenters. The summed E-state index contributed by atoms with van der Waals surface area (Å²) in [4.78, 5) is 27.9. The van der Waals surface area contributed by atoms with Crippen LogP contribution in [-0.2, 0) is 9.59 Å². The number of amides is 1. The average molecular weight is 463 g/mol. The predicted octanol–water partition coefficient (Wildman–Crippen LogP) is 4.55. The summed E-state index contributed by atoms with van der Waals surface area (Å²) in [5, 5.41) is 11.4. The van der Waals surface area contributed by atoms with Gasteiger partial charge in [0, 0.05) is 23.8 Å². The molecule has 1 amide bonds. The number of furan rings is 1. The first-order valence-corrected chi connectivity index (χ1v) is 10.5. The van der Waals surface area contributed by atoms with E-state index < -0.39 is 17.7 Å². The number of nitrogens with zero attached hydrogens (tertiary/aromatic N) is 1. The zero-order valence-electron chi connectivity index (χ0n) is 19.5. The summed E-state index contributed by atoms with van der Waals surface area (Å²) in [6, 6.07) is 10.7. The smallest absolute Gasteiger partial charge is 0.300 e. The van der Waals surface area contributed by atoms with E-state index in [4.69, 9.17) is 18.6 Å². The second-order valence-corrected chi connectivity index (χ2v) is 7.89. The van der Waals surface area contributed by atoms with E-state index in [2.05, 4.69) is 0 Å². The summed E-state index contributed by atoms with van der Waals surface area (Å²) in [5.41, 5.74) is 2.18. The summed E-state index contributed by atoms with van der Waals surface area (Å²) in [6.07, 6.45) is 1.45. The van der Waals surface area contributed by atoms with Gasteiger partial charge < -0.3 is 23.7 Å². The van der Waals surface area contributed by atoms with Crippen LogP contribution in [0.2, 0.25) is 0 Å². The number of aliphatic hydroxyl groups excluding tert-OH is 1. The van der Waals surface area contributed by atoms with Crippen molar-refractivity contribution in [1.29, 1.82) is 0 Å². The lowest BCUT2D eigenvalue weighted by atomic mass is 9.95. The van der Waals surface area contributed by atoms with Crippen LogP contribution in [0.5, 0.6) is 17.2 Å². The molecule has 34 heavy (non-hydrogen) atoms. The van der Waals surface area contributed by atoms with E-state index in [0.29, 0.717) is 39.8 Å². The Bertz CT molecular complexity index is 1270. The molecular weight excluding hydrogens is 438 g/mol. The maximum absolute atomic E-state index is 13.3. The highest BCUT2D eigenvalue weighted by Gasteiger charge is 2.48. The van der Waals surface area contributed by atoms with Crippen molar-refractivity contribution in [3.05, 3.63) is 76.8 Å². The number of rotatable bonds is 6. The molecule has 1 fully saturated rings. The summed E-state index contributed by atoms with van der Waals surface area (Å²) >= 11 is 0. The van der Waals surface area contributed by atoms with Crippen molar-refractivity contribution in [3.8, 4) is 17.2 Å². The number of benzene rings is 2. The molecule has 176 valence electrons. The standard InChI is InChI=1S/C26H25NO7/c1-14-10-21(33-5)15(2)9-19(14)24(28)22-23(20-7-6-8-34-20)27(26(30)25(22)29)16-11-17(31-3)13-18(12-16)32-4/h6-13,23,28H,1-5H3/b24-22-. The Kier molecular flexibility index (Phi) is 6.06. The zero-order chi connectivity index (χ0) is 24.6. The minimum absolute atomic E-state index is 0.0746. The van der Waals surface area contributed by atoms with Gasteiger partial charge in [-0.1, -0.05) is 0 Å². The number of aryl methyl sites for hydroxylation is 2. The van der Waals surface area contributed by atoms with Gasteiger partial charge >= 0.3 is 0 Å². The Morgan fingerprint density at radius 1 is 0.941 bits per heavy atom. The lowest BCUT2D eigenvalue weighted by Gasteiger charge is -2.24. The maximum atomic E-state index is 13.3. The van der Waals surface area contributed by atoms with Crippen LogP contribution in [-0.4, -0.2) is 38.1 Å². The van der Waals surface area contributed by atoms with Gasteiger partial charge in [-0.2, -0.15) is 0 Å². The van der Waals surface area contributed by atoms with E-state index >= 15 is 0 Å². The van der Waals surface area contributed by atoms with Gasteiger partial charge in [-0.3, -0.25) is 14.5 Å². The molecule has 8 nitrogen and oxygen atoms in total. The van der Waals surface area contributed by atoms with Crippen LogP contribution in [0.3, 0.4) is 0 Å². The van der Waals surface area contributed by atoms with Gasteiger partial charge in [-0.15, -0.1) is 0 Å². The molecule has 1 aliphatic rings. The molecule has 1 saturated heterocycles. The van der Waals surface area contributed by atoms with Crippen LogP contribution in [0, 0.1) is 13.8 Å². The van der Waals surface area contributed by atoms with Crippen molar-refractivity contribution in [3.63, 3.8) is 0 Å². The summed E-state index contributed by atoms with van der Waals surface area (Å²) < 4.78 is 21.6. The largest absolute Gasteiger partial charge is 0.507 e. The van der Waals surface area contributed by atoms with Gasteiger partial charge in [-0.25, -0.2) is 0 Å². The third-order valence-electron chi connectivity index (χ3n) is 5.87. The second-order valence-electron chi connectivity index (χ2n) is 7.89. The molecule has 1 atom stereocenters. The summed E-state index contributed by atoms with van der Waals surface area (Å²) in [7, 11) is 4.54. The van der Waals surface area contributed by atoms with E-state index in [-0.39, 0.29) is 11.3 Å². The highest BCUT2D eigenvalue weighted by atomic mass is 16.5. The first-order chi connectivity index (χ1) is 16.3. The SMILES string of the molecule is COc1cc(OC)cc(N2C(=O)C(=O)/C(=C(\O)c3cc(C)c(OC)cc3C)C2c2ccco2)c1. The highest BCUT2D eigenvalue weighted by molar-refractivity contribution is 6.51. The third kappa shape index (κ3) is 3.77. The number of carbonyl (C=O) groups is 2. The van der Waals surface area contributed by atoms with Crippen LogP contribution in [0.25, 0.3) is 5.76 Å². The number of Topliss-reactive ketones (excluding diaryl/α,β-unsaturated/α-hetero) is 1. The average Bonchev–Trinajstić information content (AvgIpc) is 3.46. The molecule has 8 heteroatoms. The van der Waals surface area contributed by atoms with Crippen LogP contribution in [0.4, 0.5) is 5.69 Å². The molecule has 1 aliphatic heterocycles. The van der Waals surface area contributed by atoms with Crippen LogP contribution >= 0.6 is 0 Å². The van der Waals surface area contributed by atoms with Gasteiger partial charge in [0.05, 0.1) is 38.9 Å². The van der Waals surface area contributed by atoms with E-state index in [0.717, 1.165) is 5.56 Å². The van der Waals surface area contributed by atoms with Crippen LogP contribution in [0.1, 0.15) is 28.5 Å². The van der Waals surface area contributed by atoms with Gasteiger partial charge in [0.1, 0.15) is 34.8 Å². The molecule has 1 N–H and O–H groups in total. The van der Waals surface area contributed by atoms with Crippen molar-refractivity contribution in [2.75, 3.05) is 26.2 Å². The fourth-order valence-corrected chi connectivity index (χ4v) is 4.16. The van der Waals surface area contributed by atoms with Crippen LogP contribution < -0.4 is 19.1 Å². The van der Waals surface area contributed by atoms with Gasteiger partial charge in [0.15, 0.2) is 0 Å². The Labute approximate surface area is 197 Å². The molecule has 0 spiro atoms.